The second-order valence-corrected chi connectivity index (χ2v) is 30.2. The molecular formula is C73H95ClF8N12O10S4. The molecule has 5 aromatic carbocycles. The summed E-state index contributed by atoms with van der Waals surface area (Å²) in [5.41, 5.74) is 1.37. The molecule has 4 aromatic heterocycles. The highest BCUT2D eigenvalue weighted by atomic mass is 35.5. The van der Waals surface area contributed by atoms with Crippen molar-refractivity contribution in [2.45, 2.75) is 130 Å². The second-order valence-electron chi connectivity index (χ2n) is 22.4. The summed E-state index contributed by atoms with van der Waals surface area (Å²) < 4.78 is 222. The molecule has 0 aliphatic heterocycles. The van der Waals surface area contributed by atoms with Crippen molar-refractivity contribution in [2.24, 2.45) is 0 Å². The van der Waals surface area contributed by atoms with Crippen LogP contribution in [0.2, 0.25) is 5.15 Å². The van der Waals surface area contributed by atoms with E-state index in [0.29, 0.717) is 65.2 Å². The molecule has 22 nitrogen and oxygen atoms in total. The van der Waals surface area contributed by atoms with Crippen LogP contribution in [0.5, 0.6) is 5.88 Å². The van der Waals surface area contributed by atoms with Crippen molar-refractivity contribution in [2.75, 3.05) is 70.3 Å². The number of nitrogens with one attached hydrogen (secondary N) is 8. The van der Waals surface area contributed by atoms with Gasteiger partial charge in [-0.05, 0) is 124 Å². The normalized spacial score (nSPS) is 10.8. The zero-order chi connectivity index (χ0) is 75.7. The van der Waals surface area contributed by atoms with Crippen LogP contribution in [0.3, 0.4) is 0 Å². The Morgan fingerprint density at radius 1 is 0.407 bits per heavy atom. The Kier molecular flexibility index (Phi) is 40.4. The first-order chi connectivity index (χ1) is 48.8. The molecule has 8 N–H and O–H groups in total. The van der Waals surface area contributed by atoms with E-state index in [4.69, 9.17) is 16.3 Å². The van der Waals surface area contributed by atoms with Crippen molar-refractivity contribution in [1.82, 2.24) is 19.9 Å². The fourth-order valence-electron chi connectivity index (χ4n) is 9.21. The van der Waals surface area contributed by atoms with Crippen LogP contribution in [0, 0.1) is 46.5 Å². The number of benzene rings is 5. The molecule has 0 radical (unpaired) electrons. The Balaban J connectivity index is 0.000000710. The van der Waals surface area contributed by atoms with Crippen LogP contribution < -0.4 is 44.9 Å². The summed E-state index contributed by atoms with van der Waals surface area (Å²) in [6.45, 7) is 7.53. The van der Waals surface area contributed by atoms with E-state index >= 15 is 0 Å². The molecule has 9 rings (SSSR count). The number of carbonyl (C=O) groups excluding carboxylic acids is 1. The molecule has 0 aliphatic rings. The Hall–Kier alpha value is -9.64. The van der Waals surface area contributed by atoms with Gasteiger partial charge in [0.1, 0.15) is 34.2 Å². The van der Waals surface area contributed by atoms with Crippen molar-refractivity contribution >= 4 is 114 Å². The number of nitrogens with zero attached hydrogens (tertiary/aromatic N) is 4. The van der Waals surface area contributed by atoms with Crippen molar-refractivity contribution in [1.29, 1.82) is 0 Å². The van der Waals surface area contributed by atoms with Crippen LogP contribution >= 0.6 is 11.6 Å². The quantitative estimate of drug-likeness (QED) is 0.0148. The number of para-hydroxylation sites is 1. The van der Waals surface area contributed by atoms with Gasteiger partial charge in [0.25, 0.3) is 0 Å². The molecule has 0 spiro atoms. The maximum Gasteiger partial charge on any atom is 0.232 e. The maximum atomic E-state index is 14.6. The number of anilines is 8. The van der Waals surface area contributed by atoms with E-state index in [1.54, 1.807) is 64.2 Å². The summed E-state index contributed by atoms with van der Waals surface area (Å²) in [5.74, 6) is -7.10. The lowest BCUT2D eigenvalue weighted by molar-refractivity contribution is -0.116. The van der Waals surface area contributed by atoms with Crippen molar-refractivity contribution in [3.63, 3.8) is 0 Å². The second kappa shape index (κ2) is 45.2. The Morgan fingerprint density at radius 3 is 1.04 bits per heavy atom. The van der Waals surface area contributed by atoms with E-state index in [0.717, 1.165) is 59.4 Å². The number of fused-ring (bicyclic) bond motifs is 1. The number of methoxy groups -OCH3 is 1. The molecule has 9 aromatic rings. The Bertz CT molecular complexity index is 4840. The fraction of sp³-hybridized carbons (Fsp3) is 0.329. The summed E-state index contributed by atoms with van der Waals surface area (Å²) in [4.78, 5) is 27.3. The molecule has 0 atom stereocenters. The van der Waals surface area contributed by atoms with Gasteiger partial charge in [-0.25, -0.2) is 78.8 Å². The van der Waals surface area contributed by atoms with E-state index in [-0.39, 0.29) is 144 Å². The number of hydrogen-bond acceptors (Lipinski definition) is 18. The monoisotopic (exact) mass is 1610 g/mol. The SMILES string of the molecule is C.C.C.C.C.CCCS(=O)(=O)Nc1ccc(F)c(CNc2ccc(CC(C)=O)nc2)c1F.CCCS(=O)(=O)Nc1ccc(F)c(CNc2ccc(Cl)nc2)c1F.CCCS(=O)(=O)Nc1ccc(F)c(CNc2ccc(OC)nc2)c1F.CCCS(=O)(=O)Nc1ccc(F)c(CNc2cnc3ccccc3c2)c1F. The van der Waals surface area contributed by atoms with E-state index in [1.807, 2.05) is 30.3 Å². The summed E-state index contributed by atoms with van der Waals surface area (Å²) >= 11 is 5.66. The van der Waals surface area contributed by atoms with Gasteiger partial charge >= 0.3 is 0 Å². The number of aromatic nitrogens is 4. The van der Waals surface area contributed by atoms with Crippen LogP contribution in [-0.4, -0.2) is 89.5 Å². The number of ether oxygens (including phenoxy) is 1. The standard InChI is InChI=1S/C19H19F2N3O2S.C18H21F2N3O3S.C16H19F2N3O3S.C15H16ClF2N3O2S.5CH4/c1-2-9-27(25,26)24-18-8-7-16(20)15(19(18)21)12-22-14-10-13-5-3-4-6-17(13)23-11-14;1-3-8-27(25,26)23-17-7-6-16(19)15(18(17)20)11-22-14-5-4-13(21-10-14)9-12(2)24;1-3-8-25(22,23)21-14-6-5-13(17)12(16(14)18)10-19-11-4-7-15(24-2)20-9-11;1-2-7-24(22,23)21-13-5-4-12(17)11(15(13)18)9-19-10-3-6-14(16)20-8-10;;;;;/h3-8,10-11,22,24H,2,9,12H2,1H3;4-7,10,22-23H,3,8-9,11H2,1-2H3;4-7,9,19,21H,3,8,10H2,1-2H3;3-6,8,19,21H,2,7,9H2,1H3;5*1H4. The number of hydrogen-bond donors (Lipinski definition) is 8. The number of rotatable bonds is 31. The zero-order valence-corrected chi connectivity index (χ0v) is 60.4. The minimum absolute atomic E-state index is 0. The van der Waals surface area contributed by atoms with Crippen LogP contribution in [0.25, 0.3) is 10.9 Å². The van der Waals surface area contributed by atoms with E-state index in [1.165, 1.54) is 38.7 Å². The molecule has 35 heteroatoms. The first-order valence-electron chi connectivity index (χ1n) is 31.5. The molecule has 0 saturated heterocycles. The lowest BCUT2D eigenvalue weighted by atomic mass is 10.1. The summed E-state index contributed by atoms with van der Waals surface area (Å²) in [5, 5.41) is 12.6. The van der Waals surface area contributed by atoms with Crippen LogP contribution in [0.15, 0.2) is 140 Å². The molecule has 0 amide bonds. The highest BCUT2D eigenvalue weighted by Gasteiger charge is 2.23. The number of Topliss-reactive ketones (excluding diaryl/α,β-unsaturated/α-hetero) is 1. The van der Waals surface area contributed by atoms with E-state index in [9.17, 15) is 73.6 Å². The topological polar surface area (TPSA) is 311 Å². The molecule has 0 bridgehead atoms. The van der Waals surface area contributed by atoms with Crippen molar-refractivity contribution in [3.8, 4) is 5.88 Å². The molecule has 0 aliphatic carbocycles. The number of carbonyl (C=O) groups is 1. The van der Waals surface area contributed by atoms with E-state index in [2.05, 4.69) is 60.1 Å². The predicted molar refractivity (Wildman–Crippen MR) is 420 cm³/mol. The first-order valence-corrected chi connectivity index (χ1v) is 38.5. The summed E-state index contributed by atoms with van der Waals surface area (Å²) in [6.07, 6.45) is 7.67. The van der Waals surface area contributed by atoms with Gasteiger partial charge in [-0.3, -0.25) is 33.7 Å². The third-order valence-corrected chi connectivity index (χ3v) is 20.2. The maximum absolute atomic E-state index is 14.6. The average Bonchev–Trinajstić information content (AvgIpc) is 0.836. The van der Waals surface area contributed by atoms with Gasteiger partial charge < -0.3 is 26.0 Å². The zero-order valence-electron chi connectivity index (χ0n) is 56.4. The predicted octanol–water partition coefficient (Wildman–Crippen LogP) is 17.6. The number of halogens is 9. The smallest absolute Gasteiger partial charge is 0.232 e. The lowest BCUT2D eigenvalue weighted by Crippen LogP contribution is -2.18. The molecular weight excluding hydrogens is 1520 g/mol. The molecule has 0 fully saturated rings. The molecule has 108 heavy (non-hydrogen) atoms. The highest BCUT2D eigenvalue weighted by molar-refractivity contribution is 7.93. The summed E-state index contributed by atoms with van der Waals surface area (Å²) in [6, 6.07) is 27.4. The lowest BCUT2D eigenvalue weighted by Gasteiger charge is -2.13. The first kappa shape index (κ1) is 96.4. The van der Waals surface area contributed by atoms with Gasteiger partial charge in [0, 0.05) is 72.0 Å². The number of pyridine rings is 4. The van der Waals surface area contributed by atoms with Gasteiger partial charge in [-0.15, -0.1) is 0 Å². The Labute approximate surface area is 634 Å². The molecule has 594 valence electrons. The highest BCUT2D eigenvalue weighted by Crippen LogP contribution is 2.29. The average molecular weight is 1620 g/mol. The number of sulfonamides is 4. The largest absolute Gasteiger partial charge is 0.481 e. The van der Waals surface area contributed by atoms with Gasteiger partial charge in [0.05, 0.1) is 106 Å². The number of ketones is 1. The van der Waals surface area contributed by atoms with Gasteiger partial charge in [-0.1, -0.05) is 94.6 Å². The fourth-order valence-corrected chi connectivity index (χ4v) is 13.8. The van der Waals surface area contributed by atoms with Crippen LogP contribution in [-0.2, 0) is 77.5 Å². The minimum Gasteiger partial charge on any atom is -0.481 e. The third-order valence-electron chi connectivity index (χ3n) is 14.1. The third kappa shape index (κ3) is 30.2. The minimum atomic E-state index is -3.69. The summed E-state index contributed by atoms with van der Waals surface area (Å²) in [7, 11) is -13.2. The van der Waals surface area contributed by atoms with Gasteiger partial charge in [-0.2, -0.15) is 0 Å². The molecule has 0 saturated carbocycles. The van der Waals surface area contributed by atoms with Crippen LogP contribution in [0.1, 0.15) is 125 Å². The van der Waals surface area contributed by atoms with Crippen LogP contribution in [0.4, 0.5) is 80.6 Å². The van der Waals surface area contributed by atoms with Gasteiger partial charge in [0.15, 0.2) is 23.3 Å². The van der Waals surface area contributed by atoms with E-state index < -0.39 is 86.6 Å². The van der Waals surface area contributed by atoms with Crippen molar-refractivity contribution in [3.05, 3.63) is 220 Å². The molecule has 4 heterocycles. The Morgan fingerprint density at radius 2 is 0.731 bits per heavy atom. The van der Waals surface area contributed by atoms with Gasteiger partial charge in [0.2, 0.25) is 46.0 Å². The molecule has 0 unspecified atom stereocenters. The van der Waals surface area contributed by atoms with Crippen molar-refractivity contribution < 1.29 is 78.3 Å².